The number of benzene rings is 2. The predicted octanol–water partition coefficient (Wildman–Crippen LogP) is 0.910. The molecular formula is C22H19IN2O2. The molecule has 4 rings (SSSR count). The van der Waals surface area contributed by atoms with Gasteiger partial charge < -0.3 is 28.7 Å². The number of esters is 1. The lowest BCUT2D eigenvalue weighted by atomic mass is 10.1. The maximum atomic E-state index is 12.0. The van der Waals surface area contributed by atoms with Crippen molar-refractivity contribution < 1.29 is 38.1 Å². The molecule has 4 aromatic rings. The van der Waals surface area contributed by atoms with Crippen molar-refractivity contribution in [2.75, 3.05) is 6.61 Å². The van der Waals surface area contributed by atoms with Crippen LogP contribution in [0.2, 0.25) is 0 Å². The van der Waals surface area contributed by atoms with Crippen molar-refractivity contribution in [3.05, 3.63) is 72.9 Å². The number of ether oxygens (including phenoxy) is 1. The average Bonchev–Trinajstić information content (AvgIpc) is 2.67. The van der Waals surface area contributed by atoms with Crippen molar-refractivity contribution in [2.24, 2.45) is 0 Å². The highest BCUT2D eigenvalue weighted by atomic mass is 127. The fourth-order valence-corrected chi connectivity index (χ4v) is 3.16. The Labute approximate surface area is 174 Å². The van der Waals surface area contributed by atoms with Gasteiger partial charge in [-0.15, -0.1) is 0 Å². The monoisotopic (exact) mass is 470 g/mol. The van der Waals surface area contributed by atoms with Gasteiger partial charge in [0, 0.05) is 16.8 Å². The van der Waals surface area contributed by atoms with E-state index in [0.29, 0.717) is 6.61 Å². The second-order valence-corrected chi connectivity index (χ2v) is 6.11. The Morgan fingerprint density at radius 2 is 1.74 bits per heavy atom. The van der Waals surface area contributed by atoms with E-state index in [1.54, 1.807) is 0 Å². The highest BCUT2D eigenvalue weighted by Gasteiger charge is 2.17. The molecule has 0 spiro atoms. The molecule has 5 heteroatoms. The number of rotatable bonds is 4. The summed E-state index contributed by atoms with van der Waals surface area (Å²) in [6.07, 6.45) is 1.97. The Bertz CT molecular complexity index is 1110. The van der Waals surface area contributed by atoms with Gasteiger partial charge in [0.25, 0.3) is 0 Å². The van der Waals surface area contributed by atoms with E-state index in [2.05, 4.69) is 12.1 Å². The van der Waals surface area contributed by atoms with Gasteiger partial charge in [0.2, 0.25) is 12.1 Å². The summed E-state index contributed by atoms with van der Waals surface area (Å²) in [7, 11) is 0. The van der Waals surface area contributed by atoms with E-state index in [1.807, 2.05) is 72.3 Å². The maximum absolute atomic E-state index is 12.0. The number of hydrogen-bond acceptors (Lipinski definition) is 3. The van der Waals surface area contributed by atoms with Crippen molar-refractivity contribution in [3.8, 4) is 11.3 Å². The van der Waals surface area contributed by atoms with E-state index in [4.69, 9.17) is 9.72 Å². The number of carbonyl (C=O) groups excluding carboxylic acids is 1. The van der Waals surface area contributed by atoms with E-state index >= 15 is 0 Å². The summed E-state index contributed by atoms with van der Waals surface area (Å²) in [6.45, 7) is 2.37. The fraction of sp³-hybridized carbons (Fsp3) is 0.136. The van der Waals surface area contributed by atoms with Crippen LogP contribution in [0.4, 0.5) is 0 Å². The molecule has 0 aliphatic rings. The van der Waals surface area contributed by atoms with E-state index in [9.17, 15) is 4.79 Å². The van der Waals surface area contributed by atoms with E-state index in [1.165, 1.54) is 0 Å². The molecule has 136 valence electrons. The Hall–Kier alpha value is -2.54. The SMILES string of the molecule is CCOC(=O)C[n+]1cc(-c2ccc3ccccc3n2)cc2ccccc21.[I-]. The summed E-state index contributed by atoms with van der Waals surface area (Å²) < 4.78 is 7.05. The highest BCUT2D eigenvalue weighted by Crippen LogP contribution is 2.23. The summed E-state index contributed by atoms with van der Waals surface area (Å²) in [5.41, 5.74) is 3.80. The normalized spacial score (nSPS) is 10.6. The van der Waals surface area contributed by atoms with E-state index in [0.717, 1.165) is 33.1 Å². The first-order valence-electron chi connectivity index (χ1n) is 8.68. The van der Waals surface area contributed by atoms with Crippen LogP contribution in [0.5, 0.6) is 0 Å². The van der Waals surface area contributed by atoms with Crippen LogP contribution in [0.15, 0.2) is 72.9 Å². The molecule has 0 unspecified atom stereocenters. The number of nitrogens with zero attached hydrogens (tertiary/aromatic N) is 2. The van der Waals surface area contributed by atoms with Crippen LogP contribution in [-0.2, 0) is 16.1 Å². The number of carbonyl (C=O) groups is 1. The van der Waals surface area contributed by atoms with Crippen LogP contribution in [0, 0.1) is 0 Å². The van der Waals surface area contributed by atoms with Gasteiger partial charge in [-0.2, -0.15) is 4.57 Å². The fourth-order valence-electron chi connectivity index (χ4n) is 3.16. The van der Waals surface area contributed by atoms with Gasteiger partial charge in [0.05, 0.1) is 23.4 Å². The highest BCUT2D eigenvalue weighted by molar-refractivity contribution is 5.84. The van der Waals surface area contributed by atoms with Crippen LogP contribution in [-0.4, -0.2) is 17.6 Å². The minimum atomic E-state index is -0.244. The van der Waals surface area contributed by atoms with E-state index < -0.39 is 0 Å². The second kappa shape index (κ2) is 8.43. The molecule has 2 aromatic heterocycles. The van der Waals surface area contributed by atoms with Gasteiger partial charge >= 0.3 is 5.97 Å². The quantitative estimate of drug-likeness (QED) is 0.253. The standard InChI is InChI=1S/C22H19N2O2.HI/c1-2-26-22(25)15-24-14-18(13-17-8-4-6-10-21(17)24)20-12-11-16-7-3-5-9-19(16)23-20;/h3-14H,2,15H2,1H3;1H/q+1;/p-1. The van der Waals surface area contributed by atoms with Crippen molar-refractivity contribution in [1.82, 2.24) is 4.98 Å². The minimum Gasteiger partial charge on any atom is -1.00 e. The molecule has 0 saturated heterocycles. The molecule has 0 radical (unpaired) electrons. The number of para-hydroxylation sites is 2. The molecule has 0 N–H and O–H groups in total. The number of aromatic nitrogens is 2. The summed E-state index contributed by atoms with van der Waals surface area (Å²) in [4.78, 5) is 16.8. The zero-order valence-electron chi connectivity index (χ0n) is 14.9. The predicted molar refractivity (Wildman–Crippen MR) is 102 cm³/mol. The van der Waals surface area contributed by atoms with Gasteiger partial charge in [0.1, 0.15) is 0 Å². The summed E-state index contributed by atoms with van der Waals surface area (Å²) in [5.74, 6) is -0.244. The van der Waals surface area contributed by atoms with Crippen molar-refractivity contribution in [3.63, 3.8) is 0 Å². The molecule has 0 aliphatic carbocycles. The zero-order chi connectivity index (χ0) is 17.9. The second-order valence-electron chi connectivity index (χ2n) is 6.11. The lowest BCUT2D eigenvalue weighted by Crippen LogP contribution is -3.00. The molecule has 27 heavy (non-hydrogen) atoms. The molecule has 2 heterocycles. The molecule has 2 aromatic carbocycles. The van der Waals surface area contributed by atoms with Crippen LogP contribution in [0.1, 0.15) is 6.92 Å². The number of fused-ring (bicyclic) bond motifs is 2. The minimum absolute atomic E-state index is 0. The van der Waals surface area contributed by atoms with Crippen molar-refractivity contribution in [2.45, 2.75) is 13.5 Å². The number of halogens is 1. The molecule has 0 bridgehead atoms. The molecule has 0 saturated carbocycles. The zero-order valence-corrected chi connectivity index (χ0v) is 17.1. The third kappa shape index (κ3) is 4.08. The summed E-state index contributed by atoms with van der Waals surface area (Å²) in [6, 6.07) is 22.3. The van der Waals surface area contributed by atoms with Gasteiger partial charge in [0.15, 0.2) is 6.20 Å². The van der Waals surface area contributed by atoms with Crippen molar-refractivity contribution >= 4 is 27.8 Å². The van der Waals surface area contributed by atoms with E-state index in [-0.39, 0.29) is 36.5 Å². The third-order valence-corrected chi connectivity index (χ3v) is 4.35. The molecule has 0 amide bonds. The number of pyridine rings is 2. The van der Waals surface area contributed by atoms with Gasteiger partial charge in [-0.3, -0.25) is 0 Å². The Kier molecular flexibility index (Phi) is 6.01. The molecule has 0 aliphatic heterocycles. The Morgan fingerprint density at radius 3 is 2.56 bits per heavy atom. The molecule has 4 nitrogen and oxygen atoms in total. The van der Waals surface area contributed by atoms with Crippen LogP contribution in [0.3, 0.4) is 0 Å². The van der Waals surface area contributed by atoms with Crippen molar-refractivity contribution in [1.29, 1.82) is 0 Å². The number of hydrogen-bond donors (Lipinski definition) is 0. The van der Waals surface area contributed by atoms with Crippen LogP contribution < -0.4 is 28.5 Å². The summed E-state index contributed by atoms with van der Waals surface area (Å²) in [5, 5.41) is 2.17. The first kappa shape index (κ1) is 19.2. The van der Waals surface area contributed by atoms with Gasteiger partial charge in [-0.05, 0) is 31.2 Å². The van der Waals surface area contributed by atoms with Crippen LogP contribution >= 0.6 is 0 Å². The molecule has 0 atom stereocenters. The molecular weight excluding hydrogens is 451 g/mol. The smallest absolute Gasteiger partial charge is 0.372 e. The lowest BCUT2D eigenvalue weighted by Gasteiger charge is -2.06. The van der Waals surface area contributed by atoms with Gasteiger partial charge in [-0.25, -0.2) is 9.78 Å². The van der Waals surface area contributed by atoms with Gasteiger partial charge in [-0.1, -0.05) is 36.4 Å². The Morgan fingerprint density at radius 1 is 1.00 bits per heavy atom. The summed E-state index contributed by atoms with van der Waals surface area (Å²) >= 11 is 0. The van der Waals surface area contributed by atoms with Crippen LogP contribution in [0.25, 0.3) is 33.1 Å². The Balaban J connectivity index is 0.00000210. The lowest BCUT2D eigenvalue weighted by molar-refractivity contribution is -0.659. The maximum Gasteiger partial charge on any atom is 0.372 e. The topological polar surface area (TPSA) is 43.1 Å². The average molecular weight is 470 g/mol. The third-order valence-electron chi connectivity index (χ3n) is 4.35. The first-order valence-corrected chi connectivity index (χ1v) is 8.68. The first-order chi connectivity index (χ1) is 12.7. The molecule has 0 fully saturated rings. The largest absolute Gasteiger partial charge is 1.00 e.